The van der Waals surface area contributed by atoms with Crippen molar-refractivity contribution in [2.75, 3.05) is 13.2 Å². The molecule has 0 saturated heterocycles. The standard InChI is InChI=1S/C19H38N2O3/c1-7-18(3,4)17(23)15(20)11-9-10-14-21-16(22)12-13-19(5,6)24-8-2/h15H,7-14,20H2,1-6H3,(H,21,22). The molecule has 5 heteroatoms. The number of hydrogen-bond acceptors (Lipinski definition) is 4. The third-order valence-corrected chi connectivity index (χ3v) is 4.64. The molecule has 3 N–H and O–H groups in total. The number of hydrogen-bond donors (Lipinski definition) is 2. The molecule has 0 aliphatic heterocycles. The minimum Gasteiger partial charge on any atom is -0.376 e. The molecule has 0 bridgehead atoms. The zero-order chi connectivity index (χ0) is 18.8. The summed E-state index contributed by atoms with van der Waals surface area (Å²) in [6.45, 7) is 13.1. The first-order valence-electron chi connectivity index (χ1n) is 9.26. The lowest BCUT2D eigenvalue weighted by atomic mass is 9.81. The lowest BCUT2D eigenvalue weighted by Gasteiger charge is -2.25. The van der Waals surface area contributed by atoms with E-state index in [4.69, 9.17) is 10.5 Å². The molecular weight excluding hydrogens is 304 g/mol. The van der Waals surface area contributed by atoms with Crippen LogP contribution in [0.4, 0.5) is 0 Å². The van der Waals surface area contributed by atoms with Gasteiger partial charge in [-0.1, -0.05) is 20.8 Å². The SMILES string of the molecule is CCOC(C)(C)CCC(=O)NCCCCC(N)C(=O)C(C)(C)CC. The van der Waals surface area contributed by atoms with Gasteiger partial charge in [0.15, 0.2) is 5.78 Å². The van der Waals surface area contributed by atoms with Gasteiger partial charge in [-0.15, -0.1) is 0 Å². The van der Waals surface area contributed by atoms with Crippen LogP contribution in [0.3, 0.4) is 0 Å². The molecule has 24 heavy (non-hydrogen) atoms. The minimum absolute atomic E-state index is 0.0512. The number of carbonyl (C=O) groups excluding carboxylic acids is 2. The van der Waals surface area contributed by atoms with Crippen LogP contribution in [-0.2, 0) is 14.3 Å². The van der Waals surface area contributed by atoms with E-state index in [0.29, 0.717) is 32.4 Å². The maximum Gasteiger partial charge on any atom is 0.220 e. The molecular formula is C19H38N2O3. The van der Waals surface area contributed by atoms with Crippen LogP contribution in [-0.4, -0.2) is 36.5 Å². The molecule has 0 aliphatic carbocycles. The van der Waals surface area contributed by atoms with E-state index < -0.39 is 6.04 Å². The van der Waals surface area contributed by atoms with Crippen molar-refractivity contribution in [2.24, 2.45) is 11.1 Å². The van der Waals surface area contributed by atoms with Crippen LogP contribution in [0.2, 0.25) is 0 Å². The Kier molecular flexibility index (Phi) is 10.4. The van der Waals surface area contributed by atoms with Gasteiger partial charge in [-0.2, -0.15) is 0 Å². The summed E-state index contributed by atoms with van der Waals surface area (Å²) in [4.78, 5) is 24.0. The van der Waals surface area contributed by atoms with E-state index in [1.807, 2.05) is 41.5 Å². The summed E-state index contributed by atoms with van der Waals surface area (Å²) in [5.41, 5.74) is 5.39. The molecule has 0 rings (SSSR count). The highest BCUT2D eigenvalue weighted by Crippen LogP contribution is 2.23. The third kappa shape index (κ3) is 9.38. The van der Waals surface area contributed by atoms with Gasteiger partial charge in [-0.25, -0.2) is 0 Å². The second-order valence-electron chi connectivity index (χ2n) is 7.75. The summed E-state index contributed by atoms with van der Waals surface area (Å²) in [5.74, 6) is 0.183. The van der Waals surface area contributed by atoms with Crippen molar-refractivity contribution < 1.29 is 14.3 Å². The number of ether oxygens (including phenoxy) is 1. The van der Waals surface area contributed by atoms with Crippen molar-refractivity contribution in [1.29, 1.82) is 0 Å². The molecule has 0 aromatic heterocycles. The van der Waals surface area contributed by atoms with Gasteiger partial charge in [0.1, 0.15) is 0 Å². The number of ketones is 1. The van der Waals surface area contributed by atoms with Crippen LogP contribution in [0.25, 0.3) is 0 Å². The summed E-state index contributed by atoms with van der Waals surface area (Å²) in [7, 11) is 0. The second-order valence-corrected chi connectivity index (χ2v) is 7.75. The molecule has 0 spiro atoms. The molecule has 0 saturated carbocycles. The van der Waals surface area contributed by atoms with Gasteiger partial charge in [-0.3, -0.25) is 9.59 Å². The predicted octanol–water partition coefficient (Wildman–Crippen LogP) is 3.20. The van der Waals surface area contributed by atoms with Gasteiger partial charge < -0.3 is 15.8 Å². The summed E-state index contributed by atoms with van der Waals surface area (Å²) in [6.07, 6.45) is 4.34. The topological polar surface area (TPSA) is 81.4 Å². The summed E-state index contributed by atoms with van der Waals surface area (Å²) in [6, 6.07) is -0.400. The fourth-order valence-corrected chi connectivity index (χ4v) is 2.49. The Bertz CT molecular complexity index is 392. The number of rotatable bonds is 13. The van der Waals surface area contributed by atoms with E-state index >= 15 is 0 Å². The first-order valence-corrected chi connectivity index (χ1v) is 9.26. The average Bonchev–Trinajstić information content (AvgIpc) is 2.51. The average molecular weight is 343 g/mol. The molecule has 1 unspecified atom stereocenters. The monoisotopic (exact) mass is 342 g/mol. The normalized spacial score (nSPS) is 13.6. The lowest BCUT2D eigenvalue weighted by Crippen LogP contribution is -2.40. The first kappa shape index (κ1) is 23.1. The number of nitrogens with two attached hydrogens (primary N) is 1. The van der Waals surface area contributed by atoms with Gasteiger partial charge in [0.2, 0.25) is 5.91 Å². The predicted molar refractivity (Wildman–Crippen MR) is 98.9 cm³/mol. The molecule has 0 aromatic carbocycles. The molecule has 1 atom stereocenters. The van der Waals surface area contributed by atoms with Crippen LogP contribution in [0.1, 0.15) is 80.1 Å². The highest BCUT2D eigenvalue weighted by atomic mass is 16.5. The van der Waals surface area contributed by atoms with Crippen LogP contribution < -0.4 is 11.1 Å². The van der Waals surface area contributed by atoms with E-state index in [1.54, 1.807) is 0 Å². The van der Waals surface area contributed by atoms with E-state index in [2.05, 4.69) is 5.32 Å². The fourth-order valence-electron chi connectivity index (χ4n) is 2.49. The third-order valence-electron chi connectivity index (χ3n) is 4.64. The molecule has 1 amide bonds. The lowest BCUT2D eigenvalue weighted by molar-refractivity contribution is -0.128. The van der Waals surface area contributed by atoms with Gasteiger partial charge in [0.05, 0.1) is 11.6 Å². The number of amides is 1. The highest BCUT2D eigenvalue weighted by molar-refractivity contribution is 5.88. The van der Waals surface area contributed by atoms with Gasteiger partial charge >= 0.3 is 0 Å². The van der Waals surface area contributed by atoms with Crippen LogP contribution in [0, 0.1) is 5.41 Å². The second kappa shape index (κ2) is 10.8. The largest absolute Gasteiger partial charge is 0.376 e. The Morgan fingerprint density at radius 3 is 2.29 bits per heavy atom. The highest BCUT2D eigenvalue weighted by Gasteiger charge is 2.29. The summed E-state index contributed by atoms with van der Waals surface area (Å²) in [5, 5.41) is 2.92. The van der Waals surface area contributed by atoms with E-state index in [0.717, 1.165) is 19.3 Å². The molecule has 142 valence electrons. The fraction of sp³-hybridized carbons (Fsp3) is 0.895. The number of nitrogens with one attached hydrogen (secondary N) is 1. The first-order chi connectivity index (χ1) is 11.1. The quantitative estimate of drug-likeness (QED) is 0.504. The van der Waals surface area contributed by atoms with E-state index in [1.165, 1.54) is 0 Å². The molecule has 0 heterocycles. The van der Waals surface area contributed by atoms with Gasteiger partial charge in [0.25, 0.3) is 0 Å². The number of carbonyl (C=O) groups is 2. The Morgan fingerprint density at radius 2 is 1.75 bits per heavy atom. The Labute approximate surface area is 148 Å². The van der Waals surface area contributed by atoms with Crippen molar-refractivity contribution >= 4 is 11.7 Å². The van der Waals surface area contributed by atoms with Crippen molar-refractivity contribution in [3.8, 4) is 0 Å². The maximum atomic E-state index is 12.2. The van der Waals surface area contributed by atoms with Crippen LogP contribution >= 0.6 is 0 Å². The summed E-state index contributed by atoms with van der Waals surface area (Å²) >= 11 is 0. The molecule has 0 aliphatic rings. The smallest absolute Gasteiger partial charge is 0.220 e. The Hall–Kier alpha value is -0.940. The zero-order valence-electron chi connectivity index (χ0n) is 16.5. The van der Waals surface area contributed by atoms with Gasteiger partial charge in [0, 0.05) is 25.0 Å². The molecule has 0 radical (unpaired) electrons. The Morgan fingerprint density at radius 1 is 1.12 bits per heavy atom. The zero-order valence-corrected chi connectivity index (χ0v) is 16.5. The van der Waals surface area contributed by atoms with Crippen molar-refractivity contribution in [3.63, 3.8) is 0 Å². The number of unbranched alkanes of at least 4 members (excludes halogenated alkanes) is 1. The molecule has 5 nitrogen and oxygen atoms in total. The summed E-state index contributed by atoms with van der Waals surface area (Å²) < 4.78 is 5.58. The van der Waals surface area contributed by atoms with Crippen molar-refractivity contribution in [1.82, 2.24) is 5.32 Å². The van der Waals surface area contributed by atoms with Gasteiger partial charge in [-0.05, 0) is 52.9 Å². The van der Waals surface area contributed by atoms with E-state index in [9.17, 15) is 9.59 Å². The number of Topliss-reactive ketones (excluding diaryl/α,β-unsaturated/α-hetero) is 1. The van der Waals surface area contributed by atoms with Crippen molar-refractivity contribution in [2.45, 2.75) is 91.7 Å². The van der Waals surface area contributed by atoms with Crippen LogP contribution in [0.15, 0.2) is 0 Å². The van der Waals surface area contributed by atoms with E-state index in [-0.39, 0.29) is 22.7 Å². The minimum atomic E-state index is -0.400. The van der Waals surface area contributed by atoms with Crippen molar-refractivity contribution in [3.05, 3.63) is 0 Å². The maximum absolute atomic E-state index is 12.2. The van der Waals surface area contributed by atoms with Crippen LogP contribution in [0.5, 0.6) is 0 Å². The molecule has 0 fully saturated rings. The molecule has 0 aromatic rings. The Balaban J connectivity index is 3.87.